The number of rotatable bonds is 3. The van der Waals surface area contributed by atoms with Gasteiger partial charge in [-0.25, -0.2) is 0 Å². The lowest BCUT2D eigenvalue weighted by atomic mass is 9.89. The van der Waals surface area contributed by atoms with Gasteiger partial charge in [-0.3, -0.25) is 0 Å². The molecule has 1 aromatic carbocycles. The fraction of sp³-hybridized carbons (Fsp3) is 0.455. The molecule has 0 aliphatic carbocycles. The van der Waals surface area contributed by atoms with E-state index < -0.39 is 0 Å². The van der Waals surface area contributed by atoms with Crippen molar-refractivity contribution < 1.29 is 4.74 Å². The molecule has 0 amide bonds. The van der Waals surface area contributed by atoms with Crippen LogP contribution in [-0.4, -0.2) is 19.8 Å². The number of nitrogens with one attached hydrogen (secondary N) is 1. The monoisotopic (exact) mass is 255 g/mol. The first-order valence-electron chi connectivity index (χ1n) is 4.76. The molecule has 1 N–H and O–H groups in total. The molecule has 1 aliphatic rings. The Labute approximate surface area is 92.8 Å². The second-order valence-electron chi connectivity index (χ2n) is 4.14. The Balaban J connectivity index is 1.95. The van der Waals surface area contributed by atoms with Crippen LogP contribution in [-0.2, 0) is 4.74 Å². The van der Waals surface area contributed by atoms with E-state index in [4.69, 9.17) is 4.74 Å². The van der Waals surface area contributed by atoms with E-state index in [0.29, 0.717) is 5.41 Å². The first-order valence-corrected chi connectivity index (χ1v) is 5.55. The van der Waals surface area contributed by atoms with Crippen molar-refractivity contribution in [3.8, 4) is 0 Å². The zero-order chi connectivity index (χ0) is 10.0. The summed E-state index contributed by atoms with van der Waals surface area (Å²) in [5.74, 6) is 0. The number of benzene rings is 1. The Morgan fingerprint density at radius 3 is 2.71 bits per heavy atom. The zero-order valence-electron chi connectivity index (χ0n) is 8.22. The van der Waals surface area contributed by atoms with Crippen LogP contribution in [0.25, 0.3) is 0 Å². The van der Waals surface area contributed by atoms with Gasteiger partial charge < -0.3 is 10.1 Å². The number of para-hydroxylation sites is 1. The summed E-state index contributed by atoms with van der Waals surface area (Å²) in [4.78, 5) is 0. The van der Waals surface area contributed by atoms with Crippen LogP contribution < -0.4 is 5.32 Å². The third-order valence-electron chi connectivity index (χ3n) is 2.48. The van der Waals surface area contributed by atoms with Crippen LogP contribution in [0.4, 0.5) is 5.69 Å². The number of anilines is 1. The van der Waals surface area contributed by atoms with E-state index in [0.717, 1.165) is 29.9 Å². The number of hydrogen-bond acceptors (Lipinski definition) is 2. The van der Waals surface area contributed by atoms with Crippen LogP contribution in [0.1, 0.15) is 6.92 Å². The highest BCUT2D eigenvalue weighted by Gasteiger charge is 2.32. The van der Waals surface area contributed by atoms with E-state index in [1.54, 1.807) is 0 Å². The van der Waals surface area contributed by atoms with Crippen LogP contribution in [0, 0.1) is 5.41 Å². The van der Waals surface area contributed by atoms with Gasteiger partial charge in [0.1, 0.15) is 0 Å². The number of halogens is 1. The molecule has 0 spiro atoms. The van der Waals surface area contributed by atoms with E-state index >= 15 is 0 Å². The molecule has 0 bridgehead atoms. The Morgan fingerprint density at radius 1 is 1.43 bits per heavy atom. The lowest BCUT2D eigenvalue weighted by Gasteiger charge is -2.38. The molecule has 1 heterocycles. The van der Waals surface area contributed by atoms with Gasteiger partial charge in [0.05, 0.1) is 13.2 Å². The second-order valence-corrected chi connectivity index (χ2v) is 4.99. The van der Waals surface area contributed by atoms with Crippen molar-refractivity contribution >= 4 is 21.6 Å². The molecule has 2 nitrogen and oxygen atoms in total. The Kier molecular flexibility index (Phi) is 2.79. The van der Waals surface area contributed by atoms with E-state index in [1.807, 2.05) is 18.2 Å². The maximum Gasteiger partial charge on any atom is 0.0559 e. The average Bonchev–Trinajstić information content (AvgIpc) is 2.14. The lowest BCUT2D eigenvalue weighted by molar-refractivity contribution is -0.0924. The van der Waals surface area contributed by atoms with Crippen molar-refractivity contribution in [1.29, 1.82) is 0 Å². The summed E-state index contributed by atoms with van der Waals surface area (Å²) in [6, 6.07) is 8.17. The minimum Gasteiger partial charge on any atom is -0.383 e. The van der Waals surface area contributed by atoms with Gasteiger partial charge in [0, 0.05) is 22.1 Å². The molecule has 1 fully saturated rings. The average molecular weight is 256 g/mol. The van der Waals surface area contributed by atoms with Crippen LogP contribution in [0.15, 0.2) is 28.7 Å². The van der Waals surface area contributed by atoms with Crippen molar-refractivity contribution in [2.45, 2.75) is 6.92 Å². The Morgan fingerprint density at radius 2 is 2.14 bits per heavy atom. The molecular weight excluding hydrogens is 242 g/mol. The summed E-state index contributed by atoms with van der Waals surface area (Å²) < 4.78 is 6.32. The highest BCUT2D eigenvalue weighted by Crippen LogP contribution is 2.28. The van der Waals surface area contributed by atoms with Gasteiger partial charge in [0.2, 0.25) is 0 Å². The molecule has 1 saturated heterocycles. The summed E-state index contributed by atoms with van der Waals surface area (Å²) in [5, 5.41) is 3.43. The lowest BCUT2D eigenvalue weighted by Crippen LogP contribution is -2.45. The van der Waals surface area contributed by atoms with Crippen LogP contribution in [0.5, 0.6) is 0 Å². The highest BCUT2D eigenvalue weighted by atomic mass is 79.9. The minimum absolute atomic E-state index is 0.315. The van der Waals surface area contributed by atoms with Crippen molar-refractivity contribution in [3.05, 3.63) is 28.7 Å². The molecule has 1 aromatic rings. The molecule has 0 aromatic heterocycles. The predicted molar refractivity (Wildman–Crippen MR) is 61.6 cm³/mol. The predicted octanol–water partition coefficient (Wildman–Crippen LogP) is 2.90. The van der Waals surface area contributed by atoms with Crippen LogP contribution >= 0.6 is 15.9 Å². The maximum absolute atomic E-state index is 5.20. The van der Waals surface area contributed by atoms with Crippen molar-refractivity contribution in [1.82, 2.24) is 0 Å². The first-order chi connectivity index (χ1) is 6.70. The standard InChI is InChI=1S/C11H14BrNO/c1-11(7-14-8-11)6-13-10-5-3-2-4-9(10)12/h2-5,13H,6-8H2,1H3. The summed E-state index contributed by atoms with van der Waals surface area (Å²) in [5.41, 5.74) is 1.47. The Bertz CT molecular complexity index is 323. The molecule has 1 aliphatic heterocycles. The molecule has 76 valence electrons. The Hall–Kier alpha value is -0.540. The summed E-state index contributed by atoms with van der Waals surface area (Å²) in [6.07, 6.45) is 0. The third kappa shape index (κ3) is 2.10. The van der Waals surface area contributed by atoms with Crippen molar-refractivity contribution in [2.75, 3.05) is 25.1 Å². The van der Waals surface area contributed by atoms with E-state index in [2.05, 4.69) is 34.2 Å². The molecule has 0 saturated carbocycles. The van der Waals surface area contributed by atoms with Gasteiger partial charge in [-0.05, 0) is 28.1 Å². The van der Waals surface area contributed by atoms with Crippen molar-refractivity contribution in [2.24, 2.45) is 5.41 Å². The summed E-state index contributed by atoms with van der Waals surface area (Å²) in [7, 11) is 0. The van der Waals surface area contributed by atoms with Gasteiger partial charge in [-0.15, -0.1) is 0 Å². The maximum atomic E-state index is 5.20. The van der Waals surface area contributed by atoms with Gasteiger partial charge in [0.25, 0.3) is 0 Å². The fourth-order valence-corrected chi connectivity index (χ4v) is 1.89. The van der Waals surface area contributed by atoms with E-state index in [-0.39, 0.29) is 0 Å². The van der Waals surface area contributed by atoms with E-state index in [1.165, 1.54) is 0 Å². The molecule has 14 heavy (non-hydrogen) atoms. The normalized spacial score (nSPS) is 18.7. The first kappa shape index (κ1) is 9.99. The summed E-state index contributed by atoms with van der Waals surface area (Å²) >= 11 is 3.51. The van der Waals surface area contributed by atoms with Gasteiger partial charge >= 0.3 is 0 Å². The topological polar surface area (TPSA) is 21.3 Å². The third-order valence-corrected chi connectivity index (χ3v) is 3.17. The molecule has 3 heteroatoms. The van der Waals surface area contributed by atoms with Crippen molar-refractivity contribution in [3.63, 3.8) is 0 Å². The summed E-state index contributed by atoms with van der Waals surface area (Å²) in [6.45, 7) is 4.94. The SMILES string of the molecule is CC1(CNc2ccccc2Br)COC1. The van der Waals surface area contributed by atoms with E-state index in [9.17, 15) is 0 Å². The molecule has 0 radical (unpaired) electrons. The largest absolute Gasteiger partial charge is 0.383 e. The van der Waals surface area contributed by atoms with Crippen LogP contribution in [0.3, 0.4) is 0 Å². The fourth-order valence-electron chi connectivity index (χ4n) is 1.47. The smallest absolute Gasteiger partial charge is 0.0559 e. The quantitative estimate of drug-likeness (QED) is 0.897. The van der Waals surface area contributed by atoms with Gasteiger partial charge in [-0.1, -0.05) is 19.1 Å². The van der Waals surface area contributed by atoms with Gasteiger partial charge in [0.15, 0.2) is 0 Å². The molecule has 2 rings (SSSR count). The highest BCUT2D eigenvalue weighted by molar-refractivity contribution is 9.10. The van der Waals surface area contributed by atoms with Gasteiger partial charge in [-0.2, -0.15) is 0 Å². The zero-order valence-corrected chi connectivity index (χ0v) is 9.80. The van der Waals surface area contributed by atoms with Crippen LogP contribution in [0.2, 0.25) is 0 Å². The number of hydrogen-bond donors (Lipinski definition) is 1. The molecule has 0 unspecified atom stereocenters. The second kappa shape index (κ2) is 3.91. The molecular formula is C11H14BrNO. The minimum atomic E-state index is 0.315. The number of ether oxygens (including phenoxy) is 1. The molecule has 0 atom stereocenters.